The monoisotopic (exact) mass is 455 g/mol. The molecule has 162 valence electrons. The van der Waals surface area contributed by atoms with E-state index in [4.69, 9.17) is 21.4 Å². The third-order valence-corrected chi connectivity index (χ3v) is 6.36. The van der Waals surface area contributed by atoms with Gasteiger partial charge in [-0.1, -0.05) is 54.1 Å². The van der Waals surface area contributed by atoms with E-state index in [-0.39, 0.29) is 6.61 Å². The Morgan fingerprint density at radius 1 is 1.03 bits per heavy atom. The SMILES string of the molecule is OCCNCCCOc1cccc(-c2cccc(NN3Cc4ccccc4S3)c2)c1Cl. The minimum atomic E-state index is 0.145. The first-order valence-electron chi connectivity index (χ1n) is 10.4. The summed E-state index contributed by atoms with van der Waals surface area (Å²) >= 11 is 8.39. The zero-order chi connectivity index (χ0) is 21.5. The van der Waals surface area contributed by atoms with Crippen LogP contribution in [0, 0.1) is 0 Å². The number of ether oxygens (including phenoxy) is 1. The molecule has 0 bridgehead atoms. The molecule has 0 fully saturated rings. The van der Waals surface area contributed by atoms with Crippen LogP contribution in [0.15, 0.2) is 71.6 Å². The average Bonchev–Trinajstić information content (AvgIpc) is 3.19. The summed E-state index contributed by atoms with van der Waals surface area (Å²) in [6, 6.07) is 22.6. The van der Waals surface area contributed by atoms with Crippen LogP contribution in [0.5, 0.6) is 5.75 Å². The first kappa shape index (κ1) is 22.0. The van der Waals surface area contributed by atoms with Crippen molar-refractivity contribution in [3.63, 3.8) is 0 Å². The fraction of sp³-hybridized carbons (Fsp3) is 0.250. The van der Waals surface area contributed by atoms with Crippen molar-refractivity contribution in [3.8, 4) is 16.9 Å². The Bertz CT molecular complexity index is 993. The highest BCUT2D eigenvalue weighted by molar-refractivity contribution is 7.97. The Labute approximate surface area is 192 Å². The average molecular weight is 456 g/mol. The van der Waals surface area contributed by atoms with Crippen LogP contribution in [-0.2, 0) is 6.54 Å². The van der Waals surface area contributed by atoms with Gasteiger partial charge in [-0.15, -0.1) is 0 Å². The van der Waals surface area contributed by atoms with Crippen LogP contribution in [0.2, 0.25) is 5.02 Å². The summed E-state index contributed by atoms with van der Waals surface area (Å²) in [7, 11) is 0. The Hall–Kier alpha value is -2.22. The number of halogens is 1. The van der Waals surface area contributed by atoms with Gasteiger partial charge >= 0.3 is 0 Å². The maximum atomic E-state index is 8.80. The smallest absolute Gasteiger partial charge is 0.138 e. The molecule has 0 amide bonds. The molecule has 0 spiro atoms. The van der Waals surface area contributed by atoms with E-state index in [1.807, 2.05) is 24.3 Å². The number of nitrogens with one attached hydrogen (secondary N) is 2. The number of benzene rings is 3. The lowest BCUT2D eigenvalue weighted by atomic mass is 10.0. The molecule has 3 aromatic carbocycles. The third kappa shape index (κ3) is 5.73. The third-order valence-electron chi connectivity index (χ3n) is 4.93. The highest BCUT2D eigenvalue weighted by Gasteiger charge is 2.19. The lowest BCUT2D eigenvalue weighted by molar-refractivity contribution is 0.282. The highest BCUT2D eigenvalue weighted by atomic mass is 35.5. The van der Waals surface area contributed by atoms with Gasteiger partial charge in [0.1, 0.15) is 5.75 Å². The Balaban J connectivity index is 1.41. The zero-order valence-electron chi connectivity index (χ0n) is 17.2. The van der Waals surface area contributed by atoms with Crippen molar-refractivity contribution >= 4 is 29.2 Å². The summed E-state index contributed by atoms with van der Waals surface area (Å²) in [6.45, 7) is 2.96. The van der Waals surface area contributed by atoms with Crippen molar-refractivity contribution in [1.82, 2.24) is 9.73 Å². The molecule has 0 saturated carbocycles. The molecule has 1 aliphatic rings. The summed E-state index contributed by atoms with van der Waals surface area (Å²) in [5, 5.41) is 12.6. The summed E-state index contributed by atoms with van der Waals surface area (Å²) in [6.07, 6.45) is 0.843. The summed E-state index contributed by atoms with van der Waals surface area (Å²) in [4.78, 5) is 1.28. The number of fused-ring (bicyclic) bond motifs is 1. The quantitative estimate of drug-likeness (QED) is 0.288. The number of hydrogen-bond donors (Lipinski definition) is 3. The standard InChI is InChI=1S/C24H26ClN3O2S/c25-24-21(9-4-10-22(24)30-15-5-12-26-13-14-29)18-7-3-8-20(16-18)27-28-17-19-6-1-2-11-23(19)31-28/h1-4,6-11,16,26-27,29H,5,12-15,17H2. The van der Waals surface area contributed by atoms with E-state index >= 15 is 0 Å². The molecule has 1 heterocycles. The predicted molar refractivity (Wildman–Crippen MR) is 128 cm³/mol. The van der Waals surface area contributed by atoms with E-state index in [0.29, 0.717) is 23.9 Å². The van der Waals surface area contributed by atoms with Crippen molar-refractivity contribution in [2.45, 2.75) is 17.9 Å². The Kier molecular flexibility index (Phi) is 7.72. The number of rotatable bonds is 10. The van der Waals surface area contributed by atoms with Crippen LogP contribution in [0.3, 0.4) is 0 Å². The summed E-state index contributed by atoms with van der Waals surface area (Å²) < 4.78 is 8.03. The molecular weight excluding hydrogens is 430 g/mol. The molecule has 0 radical (unpaired) electrons. The fourth-order valence-corrected chi connectivity index (χ4v) is 4.69. The molecule has 0 aliphatic carbocycles. The minimum Gasteiger partial charge on any atom is -0.492 e. The second-order valence-corrected chi connectivity index (χ2v) is 8.66. The van der Waals surface area contributed by atoms with Crippen molar-refractivity contribution in [2.75, 3.05) is 31.7 Å². The largest absolute Gasteiger partial charge is 0.492 e. The van der Waals surface area contributed by atoms with Gasteiger partial charge in [0, 0.05) is 17.0 Å². The van der Waals surface area contributed by atoms with Crippen LogP contribution >= 0.6 is 23.5 Å². The molecule has 0 unspecified atom stereocenters. The summed E-state index contributed by atoms with van der Waals surface area (Å²) in [5.41, 5.74) is 7.80. The van der Waals surface area contributed by atoms with Crippen molar-refractivity contribution in [1.29, 1.82) is 0 Å². The second kappa shape index (κ2) is 10.9. The van der Waals surface area contributed by atoms with E-state index < -0.39 is 0 Å². The summed E-state index contributed by atoms with van der Waals surface area (Å²) in [5.74, 6) is 0.685. The molecule has 0 aromatic heterocycles. The van der Waals surface area contributed by atoms with Crippen molar-refractivity contribution in [2.24, 2.45) is 0 Å². The van der Waals surface area contributed by atoms with Gasteiger partial charge in [-0.05, 0) is 60.3 Å². The lowest BCUT2D eigenvalue weighted by Crippen LogP contribution is -2.20. The molecule has 1 aliphatic heterocycles. The van der Waals surface area contributed by atoms with Gasteiger partial charge in [0.2, 0.25) is 0 Å². The van der Waals surface area contributed by atoms with Crippen LogP contribution in [0.1, 0.15) is 12.0 Å². The van der Waals surface area contributed by atoms with Gasteiger partial charge in [-0.3, -0.25) is 0 Å². The molecule has 0 atom stereocenters. The first-order chi connectivity index (χ1) is 15.2. The van der Waals surface area contributed by atoms with Gasteiger partial charge < -0.3 is 20.6 Å². The predicted octanol–water partition coefficient (Wildman–Crippen LogP) is 5.21. The second-order valence-electron chi connectivity index (χ2n) is 7.22. The molecule has 7 heteroatoms. The topological polar surface area (TPSA) is 56.8 Å². The van der Waals surface area contributed by atoms with Gasteiger partial charge in [-0.2, -0.15) is 4.41 Å². The van der Waals surface area contributed by atoms with Crippen molar-refractivity contribution in [3.05, 3.63) is 77.3 Å². The number of aliphatic hydroxyl groups is 1. The molecular formula is C24H26ClN3O2S. The van der Waals surface area contributed by atoms with E-state index in [1.54, 1.807) is 11.9 Å². The lowest BCUT2D eigenvalue weighted by Gasteiger charge is -2.17. The Morgan fingerprint density at radius 2 is 1.90 bits per heavy atom. The maximum Gasteiger partial charge on any atom is 0.138 e. The van der Waals surface area contributed by atoms with Crippen LogP contribution < -0.4 is 15.5 Å². The number of aliphatic hydroxyl groups excluding tert-OH is 1. The zero-order valence-corrected chi connectivity index (χ0v) is 18.8. The fourth-order valence-electron chi connectivity index (χ4n) is 3.42. The molecule has 4 rings (SSSR count). The number of hydrazine groups is 1. The molecule has 3 N–H and O–H groups in total. The van der Waals surface area contributed by atoms with E-state index in [1.165, 1.54) is 10.5 Å². The van der Waals surface area contributed by atoms with Gasteiger partial charge in [-0.25, -0.2) is 0 Å². The van der Waals surface area contributed by atoms with Gasteiger partial charge in [0.15, 0.2) is 0 Å². The van der Waals surface area contributed by atoms with E-state index in [9.17, 15) is 0 Å². The van der Waals surface area contributed by atoms with Gasteiger partial charge in [0.25, 0.3) is 0 Å². The Morgan fingerprint density at radius 3 is 2.77 bits per heavy atom. The maximum absolute atomic E-state index is 8.80. The minimum absolute atomic E-state index is 0.145. The molecule has 3 aromatic rings. The van der Waals surface area contributed by atoms with Crippen LogP contribution in [0.4, 0.5) is 5.69 Å². The number of hydrogen-bond acceptors (Lipinski definition) is 6. The van der Waals surface area contributed by atoms with Crippen LogP contribution in [-0.4, -0.2) is 35.8 Å². The van der Waals surface area contributed by atoms with E-state index in [2.05, 4.69) is 57.6 Å². The normalized spacial score (nSPS) is 13.2. The van der Waals surface area contributed by atoms with Crippen molar-refractivity contribution < 1.29 is 9.84 Å². The van der Waals surface area contributed by atoms with Gasteiger partial charge in [0.05, 0.1) is 30.5 Å². The highest BCUT2D eigenvalue weighted by Crippen LogP contribution is 2.38. The number of nitrogens with zero attached hydrogens (tertiary/aromatic N) is 1. The van der Waals surface area contributed by atoms with E-state index in [0.717, 1.165) is 36.3 Å². The molecule has 5 nitrogen and oxygen atoms in total. The molecule has 0 saturated heterocycles. The molecule has 31 heavy (non-hydrogen) atoms. The first-order valence-corrected chi connectivity index (χ1v) is 11.5. The number of anilines is 1. The van der Waals surface area contributed by atoms with Crippen LogP contribution in [0.25, 0.3) is 11.1 Å².